The summed E-state index contributed by atoms with van der Waals surface area (Å²) in [5, 5.41) is 0. The summed E-state index contributed by atoms with van der Waals surface area (Å²) in [5.41, 5.74) is 4.64. The Kier molecular flexibility index (Phi) is 2.24. The molecule has 1 fully saturated rings. The van der Waals surface area contributed by atoms with Gasteiger partial charge < -0.3 is 5.43 Å². The molecule has 0 aromatic carbocycles. The van der Waals surface area contributed by atoms with E-state index in [4.69, 9.17) is 18.1 Å². The van der Waals surface area contributed by atoms with Crippen molar-refractivity contribution < 1.29 is 0 Å². The molecule has 1 saturated carbocycles. The van der Waals surface area contributed by atoms with Crippen molar-refractivity contribution in [3.05, 3.63) is 29.6 Å². The Morgan fingerprint density at radius 1 is 1.54 bits per heavy atom. The van der Waals surface area contributed by atoms with Gasteiger partial charge in [0.2, 0.25) is 0 Å². The Bertz CT molecular complexity index is 333. The zero-order chi connectivity index (χ0) is 9.26. The molecule has 3 nitrogen and oxygen atoms in total. The first-order chi connectivity index (χ1) is 6.31. The molecule has 0 amide bonds. The molecule has 1 aliphatic rings. The van der Waals surface area contributed by atoms with Crippen molar-refractivity contribution in [2.45, 2.75) is 18.8 Å². The van der Waals surface area contributed by atoms with Gasteiger partial charge in [-0.25, -0.2) is 5.84 Å². The van der Waals surface area contributed by atoms with E-state index < -0.39 is 0 Å². The van der Waals surface area contributed by atoms with Gasteiger partial charge >= 0.3 is 0 Å². The molecule has 2 rings (SSSR count). The average Bonchev–Trinajstić information content (AvgIpc) is 3.00. The standard InChI is InChI=1S/C9H11N3S/c10-12-9(13)8-3-7(4-11-5-8)6-1-2-6/h3-6H,1-2,10H2,(H,12,13). The number of rotatable bonds is 2. The Balaban J connectivity index is 2.26. The quantitative estimate of drug-likeness (QED) is 0.419. The molecule has 1 heterocycles. The van der Waals surface area contributed by atoms with Crippen LogP contribution in [-0.2, 0) is 0 Å². The first kappa shape index (κ1) is 8.59. The highest BCUT2D eigenvalue weighted by molar-refractivity contribution is 7.80. The van der Waals surface area contributed by atoms with Crippen LogP contribution in [0.25, 0.3) is 0 Å². The summed E-state index contributed by atoms with van der Waals surface area (Å²) in [6.07, 6.45) is 6.18. The summed E-state index contributed by atoms with van der Waals surface area (Å²) in [7, 11) is 0. The fourth-order valence-corrected chi connectivity index (χ4v) is 1.42. The fourth-order valence-electron chi connectivity index (χ4n) is 1.31. The smallest absolute Gasteiger partial charge is 0.122 e. The molecule has 1 aliphatic carbocycles. The Morgan fingerprint density at radius 3 is 2.92 bits per heavy atom. The third kappa shape index (κ3) is 1.84. The lowest BCUT2D eigenvalue weighted by Gasteiger charge is -2.03. The van der Waals surface area contributed by atoms with E-state index in [9.17, 15) is 0 Å². The Labute approximate surface area is 82.3 Å². The van der Waals surface area contributed by atoms with Crippen LogP contribution in [0.5, 0.6) is 0 Å². The van der Waals surface area contributed by atoms with Crippen molar-refractivity contribution >= 4 is 17.2 Å². The van der Waals surface area contributed by atoms with Gasteiger partial charge in [0.1, 0.15) is 4.99 Å². The van der Waals surface area contributed by atoms with Gasteiger partial charge in [-0.3, -0.25) is 4.98 Å². The van der Waals surface area contributed by atoms with Crippen LogP contribution in [0.1, 0.15) is 29.9 Å². The maximum absolute atomic E-state index is 5.23. The molecule has 13 heavy (non-hydrogen) atoms. The summed E-state index contributed by atoms with van der Waals surface area (Å²) in [4.78, 5) is 4.68. The highest BCUT2D eigenvalue weighted by atomic mass is 32.1. The number of pyridine rings is 1. The van der Waals surface area contributed by atoms with Crippen LogP contribution in [0, 0.1) is 0 Å². The predicted octanol–water partition coefficient (Wildman–Crippen LogP) is 1.10. The second-order valence-corrected chi connectivity index (χ2v) is 3.66. The zero-order valence-electron chi connectivity index (χ0n) is 7.16. The number of nitrogens with zero attached hydrogens (tertiary/aromatic N) is 1. The first-order valence-electron chi connectivity index (χ1n) is 4.27. The molecule has 0 aliphatic heterocycles. The van der Waals surface area contributed by atoms with E-state index >= 15 is 0 Å². The minimum atomic E-state index is 0.551. The van der Waals surface area contributed by atoms with Crippen LogP contribution in [0.2, 0.25) is 0 Å². The highest BCUT2D eigenvalue weighted by Crippen LogP contribution is 2.39. The van der Waals surface area contributed by atoms with E-state index in [1.807, 2.05) is 6.20 Å². The Hall–Kier alpha value is -1.00. The second-order valence-electron chi connectivity index (χ2n) is 3.25. The number of hydrogen-bond donors (Lipinski definition) is 2. The van der Waals surface area contributed by atoms with Crippen LogP contribution in [0.15, 0.2) is 18.5 Å². The second kappa shape index (κ2) is 3.40. The molecular weight excluding hydrogens is 182 g/mol. The molecular formula is C9H11N3S. The van der Waals surface area contributed by atoms with Gasteiger partial charge in [-0.15, -0.1) is 0 Å². The topological polar surface area (TPSA) is 50.9 Å². The van der Waals surface area contributed by atoms with Gasteiger partial charge in [0.05, 0.1) is 0 Å². The van der Waals surface area contributed by atoms with Gasteiger partial charge in [-0.05, 0) is 30.4 Å². The normalized spacial score (nSPS) is 15.5. The molecule has 0 bridgehead atoms. The minimum Gasteiger partial charge on any atom is -0.314 e. The number of hydrogen-bond acceptors (Lipinski definition) is 3. The number of nitrogens with one attached hydrogen (secondary N) is 1. The SMILES string of the molecule is NNC(=S)c1cncc(C2CC2)c1. The minimum absolute atomic E-state index is 0.551. The van der Waals surface area contributed by atoms with E-state index in [0.29, 0.717) is 10.9 Å². The molecule has 0 saturated heterocycles. The third-order valence-electron chi connectivity index (χ3n) is 2.20. The molecule has 1 aromatic heterocycles. The van der Waals surface area contributed by atoms with Crippen molar-refractivity contribution in [1.29, 1.82) is 0 Å². The first-order valence-corrected chi connectivity index (χ1v) is 4.68. The molecule has 1 aromatic rings. The van der Waals surface area contributed by atoms with Crippen molar-refractivity contribution in [1.82, 2.24) is 10.4 Å². The van der Waals surface area contributed by atoms with Gasteiger partial charge in [-0.1, -0.05) is 12.2 Å². The number of hydrazine groups is 1. The zero-order valence-corrected chi connectivity index (χ0v) is 7.97. The van der Waals surface area contributed by atoms with E-state index in [2.05, 4.69) is 16.5 Å². The van der Waals surface area contributed by atoms with Crippen LogP contribution < -0.4 is 11.3 Å². The van der Waals surface area contributed by atoms with Crippen LogP contribution in [0.3, 0.4) is 0 Å². The van der Waals surface area contributed by atoms with Gasteiger partial charge in [0, 0.05) is 18.0 Å². The molecule has 0 radical (unpaired) electrons. The number of aromatic nitrogens is 1. The summed E-state index contributed by atoms with van der Waals surface area (Å²) in [6, 6.07) is 2.06. The average molecular weight is 193 g/mol. The van der Waals surface area contributed by atoms with Crippen LogP contribution >= 0.6 is 12.2 Å². The number of thiocarbonyl (C=S) groups is 1. The molecule has 4 heteroatoms. The molecule has 3 N–H and O–H groups in total. The van der Waals surface area contributed by atoms with E-state index in [1.54, 1.807) is 6.20 Å². The maximum Gasteiger partial charge on any atom is 0.122 e. The van der Waals surface area contributed by atoms with Crippen molar-refractivity contribution in [2.24, 2.45) is 5.84 Å². The van der Waals surface area contributed by atoms with Crippen molar-refractivity contribution in [3.63, 3.8) is 0 Å². The van der Waals surface area contributed by atoms with Crippen molar-refractivity contribution in [3.8, 4) is 0 Å². The van der Waals surface area contributed by atoms with E-state index in [-0.39, 0.29) is 0 Å². The van der Waals surface area contributed by atoms with Gasteiger partial charge in [0.15, 0.2) is 0 Å². The predicted molar refractivity (Wildman–Crippen MR) is 55.2 cm³/mol. The molecule has 0 atom stereocenters. The monoisotopic (exact) mass is 193 g/mol. The van der Waals surface area contributed by atoms with Crippen LogP contribution in [-0.4, -0.2) is 9.97 Å². The number of nitrogens with two attached hydrogens (primary N) is 1. The lowest BCUT2D eigenvalue weighted by molar-refractivity contribution is 1.04. The summed E-state index contributed by atoms with van der Waals surface area (Å²) >= 11 is 5.01. The summed E-state index contributed by atoms with van der Waals surface area (Å²) in [5.74, 6) is 5.93. The molecule has 0 spiro atoms. The lowest BCUT2D eigenvalue weighted by Crippen LogP contribution is -2.29. The highest BCUT2D eigenvalue weighted by Gasteiger charge is 2.23. The lowest BCUT2D eigenvalue weighted by atomic mass is 10.1. The third-order valence-corrected chi connectivity index (χ3v) is 2.55. The van der Waals surface area contributed by atoms with Gasteiger partial charge in [-0.2, -0.15) is 0 Å². The maximum atomic E-state index is 5.23. The van der Waals surface area contributed by atoms with Gasteiger partial charge in [0.25, 0.3) is 0 Å². The Morgan fingerprint density at radius 2 is 2.31 bits per heavy atom. The van der Waals surface area contributed by atoms with E-state index in [1.165, 1.54) is 18.4 Å². The molecule has 0 unspecified atom stereocenters. The molecule has 68 valence electrons. The van der Waals surface area contributed by atoms with Crippen LogP contribution in [0.4, 0.5) is 0 Å². The van der Waals surface area contributed by atoms with Crippen molar-refractivity contribution in [2.75, 3.05) is 0 Å². The summed E-state index contributed by atoms with van der Waals surface area (Å²) in [6.45, 7) is 0. The van der Waals surface area contributed by atoms with E-state index in [0.717, 1.165) is 5.56 Å². The fraction of sp³-hybridized carbons (Fsp3) is 0.333. The largest absolute Gasteiger partial charge is 0.314 e. The summed E-state index contributed by atoms with van der Waals surface area (Å²) < 4.78 is 0.